The summed E-state index contributed by atoms with van der Waals surface area (Å²) < 4.78 is 5.25. The number of benzene rings is 11. The van der Waals surface area contributed by atoms with Crippen molar-refractivity contribution in [3.05, 3.63) is 254 Å². The van der Waals surface area contributed by atoms with Crippen molar-refractivity contribution in [1.82, 2.24) is 8.80 Å². The summed E-state index contributed by atoms with van der Waals surface area (Å²) in [5.74, 6) is 0. The van der Waals surface area contributed by atoms with Gasteiger partial charge in [-0.15, -0.1) is 0 Å². The Balaban J connectivity index is 1.18. The highest BCUT2D eigenvalue weighted by molar-refractivity contribution is 6.39. The Bertz CT molecular complexity index is 4280. The maximum atomic E-state index is 2.62. The molecule has 4 nitrogen and oxygen atoms in total. The molecule has 0 spiro atoms. The van der Waals surface area contributed by atoms with Gasteiger partial charge in [0, 0.05) is 77.0 Å². The molecule has 0 unspecified atom stereocenters. The standard InChI is InChI=1S/C68H46N4/c1-43-21-19-31-49(41-43)69(47-27-11-5-12-28-47)57-39-37-53-63-59(45-23-7-3-8-24-45)68-64(60(46-25-9-4-10-26-46)67(63)71-55-35-17-15-33-51(55)61(57)65(53)71)54-38-40-58(62-52-34-16-18-36-56(52)72(68)66(54)62)70(48-29-13-6-14-30-48)50-32-20-22-44(2)42-50/h3-42H,1-2H3. The Kier molecular flexibility index (Phi) is 8.75. The van der Waals surface area contributed by atoms with Gasteiger partial charge in [-0.3, -0.25) is 0 Å². The van der Waals surface area contributed by atoms with E-state index in [1.165, 1.54) is 110 Å². The lowest BCUT2D eigenvalue weighted by atomic mass is 9.89. The third kappa shape index (κ3) is 5.69. The Morgan fingerprint density at radius 1 is 0.278 bits per heavy atom. The predicted molar refractivity (Wildman–Crippen MR) is 305 cm³/mol. The lowest BCUT2D eigenvalue weighted by Gasteiger charge is -2.27. The molecule has 0 radical (unpaired) electrons. The zero-order valence-electron chi connectivity index (χ0n) is 39.9. The molecule has 4 heterocycles. The van der Waals surface area contributed by atoms with Gasteiger partial charge in [-0.2, -0.15) is 0 Å². The number of anilines is 6. The fourth-order valence-corrected chi connectivity index (χ4v) is 12.4. The smallest absolute Gasteiger partial charge is 0.0642 e. The van der Waals surface area contributed by atoms with Gasteiger partial charge in [0.25, 0.3) is 0 Å². The Labute approximate surface area is 416 Å². The largest absolute Gasteiger partial charge is 0.310 e. The van der Waals surface area contributed by atoms with E-state index in [-0.39, 0.29) is 0 Å². The first-order valence-electron chi connectivity index (χ1n) is 24.9. The number of fused-ring (bicyclic) bond motifs is 12. The normalized spacial score (nSPS) is 12.0. The first-order valence-corrected chi connectivity index (χ1v) is 24.9. The average Bonchev–Trinajstić information content (AvgIpc) is 4.18. The Hall–Kier alpha value is -9.38. The molecular weight excluding hydrogens is 873 g/mol. The molecule has 0 aliphatic carbocycles. The minimum absolute atomic E-state index is 1.12. The summed E-state index contributed by atoms with van der Waals surface area (Å²) in [6.45, 7) is 4.36. The van der Waals surface area contributed by atoms with Crippen molar-refractivity contribution in [1.29, 1.82) is 0 Å². The van der Waals surface area contributed by atoms with E-state index < -0.39 is 0 Å². The molecule has 0 saturated heterocycles. The van der Waals surface area contributed by atoms with Crippen molar-refractivity contribution in [2.75, 3.05) is 9.80 Å². The average molecular weight is 919 g/mol. The van der Waals surface area contributed by atoms with Gasteiger partial charge in [0.1, 0.15) is 0 Å². The van der Waals surface area contributed by atoms with Gasteiger partial charge in [0.15, 0.2) is 0 Å². The SMILES string of the molecule is Cc1cccc(N(c2ccccc2)c2ccc3c4c(-c5ccccc5)c5c(c(-c6ccccc6)c4n4c6ccccc6c2c34)c2ccc(N(c3ccccc3)c3cccc(C)c3)c3c4ccccc4n5c23)c1. The zero-order chi connectivity index (χ0) is 47.6. The van der Waals surface area contributed by atoms with Crippen LogP contribution in [0.5, 0.6) is 0 Å². The molecule has 4 aromatic heterocycles. The highest BCUT2D eigenvalue weighted by Crippen LogP contribution is 2.57. The Morgan fingerprint density at radius 2 is 0.639 bits per heavy atom. The molecule has 4 heteroatoms. The Morgan fingerprint density at radius 3 is 1.04 bits per heavy atom. The van der Waals surface area contributed by atoms with Crippen LogP contribution in [0, 0.1) is 13.8 Å². The number of nitrogens with zero attached hydrogens (tertiary/aromatic N) is 4. The van der Waals surface area contributed by atoms with Crippen LogP contribution < -0.4 is 9.80 Å². The topological polar surface area (TPSA) is 15.3 Å². The number of aryl methyl sites for hydroxylation is 2. The van der Waals surface area contributed by atoms with Gasteiger partial charge in [0.2, 0.25) is 0 Å². The minimum Gasteiger partial charge on any atom is -0.310 e. The van der Waals surface area contributed by atoms with Crippen molar-refractivity contribution in [3.8, 4) is 22.3 Å². The number of hydrogen-bond donors (Lipinski definition) is 0. The fourth-order valence-electron chi connectivity index (χ4n) is 12.4. The van der Waals surface area contributed by atoms with Crippen LogP contribution >= 0.6 is 0 Å². The predicted octanol–water partition coefficient (Wildman–Crippen LogP) is 18.9. The van der Waals surface area contributed by atoms with Gasteiger partial charge in [-0.25, -0.2) is 0 Å². The van der Waals surface area contributed by atoms with E-state index in [4.69, 9.17) is 0 Å². The van der Waals surface area contributed by atoms with Gasteiger partial charge in [-0.05, 0) is 109 Å². The third-order valence-corrected chi connectivity index (χ3v) is 15.2. The van der Waals surface area contributed by atoms with Crippen molar-refractivity contribution >= 4 is 110 Å². The van der Waals surface area contributed by atoms with E-state index in [9.17, 15) is 0 Å². The van der Waals surface area contributed by atoms with E-state index in [1.807, 2.05) is 0 Å². The van der Waals surface area contributed by atoms with E-state index in [0.717, 1.165) is 34.1 Å². The first kappa shape index (κ1) is 40.5. The van der Waals surface area contributed by atoms with E-state index >= 15 is 0 Å². The molecule has 11 aromatic carbocycles. The van der Waals surface area contributed by atoms with Crippen LogP contribution in [0.4, 0.5) is 34.1 Å². The second kappa shape index (κ2) is 15.6. The van der Waals surface area contributed by atoms with Crippen molar-refractivity contribution in [2.45, 2.75) is 13.8 Å². The van der Waals surface area contributed by atoms with Crippen LogP contribution in [-0.2, 0) is 0 Å². The third-order valence-electron chi connectivity index (χ3n) is 15.2. The molecule has 0 fully saturated rings. The summed E-state index contributed by atoms with van der Waals surface area (Å²) in [7, 11) is 0. The van der Waals surface area contributed by atoms with Crippen LogP contribution in [0.2, 0.25) is 0 Å². The van der Waals surface area contributed by atoms with E-state index in [2.05, 4.69) is 275 Å². The zero-order valence-corrected chi connectivity index (χ0v) is 39.9. The summed E-state index contributed by atoms with van der Waals surface area (Å²) in [5.41, 5.74) is 21.3. The molecule has 0 aliphatic rings. The molecule has 338 valence electrons. The summed E-state index contributed by atoms with van der Waals surface area (Å²) in [6, 6.07) is 89.6. The number of hydrogen-bond acceptors (Lipinski definition) is 2. The van der Waals surface area contributed by atoms with Crippen molar-refractivity contribution in [2.24, 2.45) is 0 Å². The van der Waals surface area contributed by atoms with E-state index in [0.29, 0.717) is 0 Å². The lowest BCUT2D eigenvalue weighted by Crippen LogP contribution is -2.10. The molecule has 0 bridgehead atoms. The van der Waals surface area contributed by atoms with Gasteiger partial charge >= 0.3 is 0 Å². The maximum absolute atomic E-state index is 2.62. The number of aromatic nitrogens is 2. The van der Waals surface area contributed by atoms with Crippen LogP contribution in [0.1, 0.15) is 11.1 Å². The molecular formula is C68H46N4. The van der Waals surface area contributed by atoms with Crippen LogP contribution in [0.25, 0.3) is 98.4 Å². The van der Waals surface area contributed by atoms with Gasteiger partial charge in [-0.1, -0.05) is 170 Å². The highest BCUT2D eigenvalue weighted by Gasteiger charge is 2.33. The molecule has 0 atom stereocenters. The molecule has 0 amide bonds. The monoisotopic (exact) mass is 918 g/mol. The summed E-state index contributed by atoms with van der Waals surface area (Å²) in [5, 5.41) is 9.89. The van der Waals surface area contributed by atoms with Gasteiger partial charge < -0.3 is 18.6 Å². The number of para-hydroxylation sites is 4. The summed E-state index contributed by atoms with van der Waals surface area (Å²) in [6.07, 6.45) is 0. The van der Waals surface area contributed by atoms with Crippen LogP contribution in [0.3, 0.4) is 0 Å². The second-order valence-corrected chi connectivity index (χ2v) is 19.4. The van der Waals surface area contributed by atoms with Crippen LogP contribution in [0.15, 0.2) is 243 Å². The lowest BCUT2D eigenvalue weighted by molar-refractivity contribution is 1.28. The minimum atomic E-state index is 1.12. The fraction of sp³-hybridized carbons (Fsp3) is 0.0294. The maximum Gasteiger partial charge on any atom is 0.0642 e. The van der Waals surface area contributed by atoms with Gasteiger partial charge in [0.05, 0.1) is 44.5 Å². The second-order valence-electron chi connectivity index (χ2n) is 19.4. The highest BCUT2D eigenvalue weighted by atomic mass is 15.2. The molecule has 0 N–H and O–H groups in total. The first-order chi connectivity index (χ1) is 35.6. The van der Waals surface area contributed by atoms with Crippen molar-refractivity contribution in [3.63, 3.8) is 0 Å². The van der Waals surface area contributed by atoms with Crippen LogP contribution in [-0.4, -0.2) is 8.80 Å². The van der Waals surface area contributed by atoms with Crippen molar-refractivity contribution < 1.29 is 0 Å². The molecule has 0 saturated carbocycles. The molecule has 72 heavy (non-hydrogen) atoms. The molecule has 15 aromatic rings. The quantitative estimate of drug-likeness (QED) is 0.151. The number of rotatable bonds is 8. The molecule has 15 rings (SSSR count). The summed E-state index contributed by atoms with van der Waals surface area (Å²) >= 11 is 0. The van der Waals surface area contributed by atoms with E-state index in [1.54, 1.807) is 0 Å². The molecule has 0 aliphatic heterocycles. The summed E-state index contributed by atoms with van der Waals surface area (Å²) in [4.78, 5) is 4.90.